The van der Waals surface area contributed by atoms with Crippen molar-refractivity contribution in [3.8, 4) is 0 Å². The maximum Gasteiger partial charge on any atom is 0.335 e. The Hall–Kier alpha value is -3.67. The molecule has 1 saturated heterocycles. The molecule has 1 fully saturated rings. The molecule has 4 amide bonds. The Labute approximate surface area is 142 Å². The van der Waals surface area contributed by atoms with Crippen LogP contribution in [-0.4, -0.2) is 17.8 Å². The Kier molecular flexibility index (Phi) is 3.43. The largest absolute Gasteiger partial charge is 0.457 e. The maximum atomic E-state index is 12.7. The molecule has 1 aromatic heterocycles. The first kappa shape index (κ1) is 14.9. The van der Waals surface area contributed by atoms with E-state index in [4.69, 9.17) is 4.42 Å². The van der Waals surface area contributed by atoms with Gasteiger partial charge in [-0.1, -0.05) is 36.4 Å². The van der Waals surface area contributed by atoms with E-state index in [1.54, 1.807) is 42.5 Å². The van der Waals surface area contributed by atoms with E-state index in [2.05, 4.69) is 5.32 Å². The first-order valence-corrected chi connectivity index (χ1v) is 7.58. The summed E-state index contributed by atoms with van der Waals surface area (Å²) in [5.74, 6) is -1.08. The molecule has 122 valence electrons. The fraction of sp³-hybridized carbons (Fsp3) is 0. The van der Waals surface area contributed by atoms with Crippen molar-refractivity contribution in [1.82, 2.24) is 5.32 Å². The zero-order valence-electron chi connectivity index (χ0n) is 12.9. The molecule has 0 saturated carbocycles. The summed E-state index contributed by atoms with van der Waals surface area (Å²) in [5.41, 5.74) is 0.865. The zero-order valence-corrected chi connectivity index (χ0v) is 12.9. The second-order valence-corrected chi connectivity index (χ2v) is 5.48. The van der Waals surface area contributed by atoms with Crippen LogP contribution in [0.1, 0.15) is 5.76 Å². The molecule has 6 nitrogen and oxygen atoms in total. The van der Waals surface area contributed by atoms with Crippen molar-refractivity contribution in [3.05, 3.63) is 72.0 Å². The molecule has 0 atom stereocenters. The number of furan rings is 1. The van der Waals surface area contributed by atoms with Gasteiger partial charge in [-0.05, 0) is 30.3 Å². The van der Waals surface area contributed by atoms with E-state index in [1.807, 2.05) is 18.2 Å². The Morgan fingerprint density at radius 3 is 2.40 bits per heavy atom. The van der Waals surface area contributed by atoms with Gasteiger partial charge < -0.3 is 4.42 Å². The highest BCUT2D eigenvalue weighted by Gasteiger charge is 2.36. The van der Waals surface area contributed by atoms with Crippen molar-refractivity contribution in [1.29, 1.82) is 0 Å². The third-order valence-electron chi connectivity index (χ3n) is 3.85. The molecule has 1 N–H and O–H groups in total. The lowest BCUT2D eigenvalue weighted by atomic mass is 10.1. The lowest BCUT2D eigenvalue weighted by Crippen LogP contribution is -2.54. The fourth-order valence-electron chi connectivity index (χ4n) is 2.68. The molecular weight excluding hydrogens is 320 g/mol. The molecule has 6 heteroatoms. The highest BCUT2D eigenvalue weighted by atomic mass is 16.3. The van der Waals surface area contributed by atoms with Gasteiger partial charge in [0.25, 0.3) is 11.8 Å². The number of anilines is 1. The SMILES string of the molecule is O=C1NC(=O)N(c2ccccc2)C(=O)C1=Cc1cc2ccccc2o1. The van der Waals surface area contributed by atoms with E-state index in [0.29, 0.717) is 17.0 Å². The van der Waals surface area contributed by atoms with Gasteiger partial charge in [0, 0.05) is 5.39 Å². The van der Waals surface area contributed by atoms with Crippen LogP contribution in [0.2, 0.25) is 0 Å². The predicted molar refractivity (Wildman–Crippen MR) is 91.7 cm³/mol. The smallest absolute Gasteiger partial charge is 0.335 e. The standard InChI is InChI=1S/C19H12N2O4/c22-17-15(11-14-10-12-6-4-5-9-16(12)25-14)18(23)21(19(24)20-17)13-7-2-1-3-8-13/h1-11H,(H,20,22,24). The van der Waals surface area contributed by atoms with E-state index >= 15 is 0 Å². The molecule has 1 aliphatic rings. The van der Waals surface area contributed by atoms with Crippen molar-refractivity contribution in [2.45, 2.75) is 0 Å². The molecule has 3 aromatic rings. The third-order valence-corrected chi connectivity index (χ3v) is 3.85. The molecule has 0 bridgehead atoms. The highest BCUT2D eigenvalue weighted by Crippen LogP contribution is 2.24. The molecule has 1 aliphatic heterocycles. The monoisotopic (exact) mass is 332 g/mol. The van der Waals surface area contributed by atoms with Crippen LogP contribution in [0.4, 0.5) is 10.5 Å². The molecule has 25 heavy (non-hydrogen) atoms. The molecule has 0 spiro atoms. The number of nitrogens with one attached hydrogen (secondary N) is 1. The summed E-state index contributed by atoms with van der Waals surface area (Å²) < 4.78 is 5.62. The highest BCUT2D eigenvalue weighted by molar-refractivity contribution is 6.39. The van der Waals surface area contributed by atoms with Gasteiger partial charge in [0.05, 0.1) is 5.69 Å². The van der Waals surface area contributed by atoms with Crippen LogP contribution in [-0.2, 0) is 9.59 Å². The summed E-state index contributed by atoms with van der Waals surface area (Å²) in [6, 6.07) is 16.7. The van der Waals surface area contributed by atoms with Crippen LogP contribution >= 0.6 is 0 Å². The molecule has 4 rings (SSSR count). The number of amides is 4. The number of barbiturate groups is 1. The van der Waals surface area contributed by atoms with Gasteiger partial charge in [0.15, 0.2) is 0 Å². The fourth-order valence-corrected chi connectivity index (χ4v) is 2.68. The van der Waals surface area contributed by atoms with Gasteiger partial charge in [-0.15, -0.1) is 0 Å². The average Bonchev–Trinajstić information content (AvgIpc) is 3.02. The van der Waals surface area contributed by atoms with Crippen LogP contribution in [0.3, 0.4) is 0 Å². The van der Waals surface area contributed by atoms with Crippen LogP contribution in [0.15, 0.2) is 70.7 Å². The number of carbonyl (C=O) groups excluding carboxylic acids is 3. The summed E-state index contributed by atoms with van der Waals surface area (Å²) in [7, 11) is 0. The second-order valence-electron chi connectivity index (χ2n) is 5.48. The lowest BCUT2D eigenvalue weighted by Gasteiger charge is -2.26. The Balaban J connectivity index is 1.76. The minimum absolute atomic E-state index is 0.164. The first-order valence-electron chi connectivity index (χ1n) is 7.58. The van der Waals surface area contributed by atoms with E-state index in [9.17, 15) is 14.4 Å². The molecule has 0 aliphatic carbocycles. The number of benzene rings is 2. The van der Waals surface area contributed by atoms with Gasteiger partial charge in [-0.2, -0.15) is 0 Å². The average molecular weight is 332 g/mol. The van der Waals surface area contributed by atoms with Crippen LogP contribution in [0.25, 0.3) is 17.0 Å². The van der Waals surface area contributed by atoms with E-state index in [1.165, 1.54) is 6.08 Å². The van der Waals surface area contributed by atoms with E-state index in [-0.39, 0.29) is 5.57 Å². The van der Waals surface area contributed by atoms with Crippen LogP contribution < -0.4 is 10.2 Å². The van der Waals surface area contributed by atoms with Crippen molar-refractivity contribution < 1.29 is 18.8 Å². The summed E-state index contributed by atoms with van der Waals surface area (Å²) in [6.45, 7) is 0. The summed E-state index contributed by atoms with van der Waals surface area (Å²) in [6.07, 6.45) is 1.35. The topological polar surface area (TPSA) is 79.6 Å². The Morgan fingerprint density at radius 1 is 0.920 bits per heavy atom. The van der Waals surface area contributed by atoms with Crippen molar-refractivity contribution >= 4 is 40.6 Å². The lowest BCUT2D eigenvalue weighted by molar-refractivity contribution is -0.122. The Bertz CT molecular complexity index is 1000. The minimum atomic E-state index is -0.775. The van der Waals surface area contributed by atoms with Gasteiger partial charge >= 0.3 is 6.03 Å². The third kappa shape index (κ3) is 2.59. The second kappa shape index (κ2) is 5.76. The number of carbonyl (C=O) groups is 3. The molecule has 0 radical (unpaired) electrons. The molecule has 2 heterocycles. The summed E-state index contributed by atoms with van der Waals surface area (Å²) in [5, 5.41) is 3.04. The van der Waals surface area contributed by atoms with Crippen molar-refractivity contribution in [3.63, 3.8) is 0 Å². The first-order chi connectivity index (χ1) is 12.1. The predicted octanol–water partition coefficient (Wildman–Crippen LogP) is 3.10. The van der Waals surface area contributed by atoms with Crippen molar-refractivity contribution in [2.24, 2.45) is 0 Å². The van der Waals surface area contributed by atoms with Crippen LogP contribution in [0.5, 0.6) is 0 Å². The number of hydrogen-bond acceptors (Lipinski definition) is 4. The number of hydrogen-bond donors (Lipinski definition) is 1. The summed E-state index contributed by atoms with van der Waals surface area (Å²) in [4.78, 5) is 37.8. The number of para-hydroxylation sites is 2. The van der Waals surface area contributed by atoms with E-state index in [0.717, 1.165) is 10.3 Å². The molecule has 2 aromatic carbocycles. The van der Waals surface area contributed by atoms with Gasteiger partial charge in [0.2, 0.25) is 0 Å². The number of rotatable bonds is 2. The number of imide groups is 2. The molecular formula is C19H12N2O4. The normalized spacial score (nSPS) is 16.6. The number of fused-ring (bicyclic) bond motifs is 1. The van der Waals surface area contributed by atoms with Crippen molar-refractivity contribution in [2.75, 3.05) is 4.90 Å². The molecule has 0 unspecified atom stereocenters. The quantitative estimate of drug-likeness (QED) is 0.578. The number of nitrogens with zero attached hydrogens (tertiary/aromatic N) is 1. The minimum Gasteiger partial charge on any atom is -0.457 e. The van der Waals surface area contributed by atoms with Gasteiger partial charge in [-0.3, -0.25) is 14.9 Å². The maximum absolute atomic E-state index is 12.7. The zero-order chi connectivity index (χ0) is 17.4. The summed E-state index contributed by atoms with van der Waals surface area (Å²) >= 11 is 0. The number of urea groups is 1. The van der Waals surface area contributed by atoms with Gasteiger partial charge in [0.1, 0.15) is 16.9 Å². The van der Waals surface area contributed by atoms with Crippen LogP contribution in [0, 0.1) is 0 Å². The Morgan fingerprint density at radius 2 is 1.64 bits per heavy atom. The van der Waals surface area contributed by atoms with Gasteiger partial charge in [-0.25, -0.2) is 9.69 Å². The van der Waals surface area contributed by atoms with E-state index < -0.39 is 17.8 Å².